The molecule has 0 aromatic carbocycles. The molecule has 1 fully saturated rings. The molecule has 1 heterocycles. The lowest BCUT2D eigenvalue weighted by atomic mass is 9.99. The van der Waals surface area contributed by atoms with Gasteiger partial charge in [-0.1, -0.05) is 187 Å². The molecule has 0 saturated carbocycles. The van der Waals surface area contributed by atoms with Gasteiger partial charge in [-0.3, -0.25) is 4.79 Å². The van der Waals surface area contributed by atoms with Crippen molar-refractivity contribution in [2.75, 3.05) is 13.2 Å². The number of allylic oxidation sites excluding steroid dienone is 2. The number of carbonyl (C=O) groups excluding carboxylic acids is 1. The van der Waals surface area contributed by atoms with Crippen LogP contribution in [0.25, 0.3) is 0 Å². The highest BCUT2D eigenvalue weighted by molar-refractivity contribution is 5.76. The van der Waals surface area contributed by atoms with Gasteiger partial charge in [0.25, 0.3) is 0 Å². The topological polar surface area (TPSA) is 149 Å². The Morgan fingerprint density at radius 3 is 1.47 bits per heavy atom. The van der Waals surface area contributed by atoms with Crippen LogP contribution in [0.5, 0.6) is 0 Å². The third-order valence-corrected chi connectivity index (χ3v) is 11.4. The molecule has 1 saturated heterocycles. The van der Waals surface area contributed by atoms with Gasteiger partial charge in [0.05, 0.1) is 25.4 Å². The number of unbranched alkanes of at least 4 members (excludes halogenated alkanes) is 27. The first-order valence-electron chi connectivity index (χ1n) is 23.4. The van der Waals surface area contributed by atoms with Gasteiger partial charge in [-0.05, 0) is 38.5 Å². The van der Waals surface area contributed by atoms with Crippen molar-refractivity contribution in [1.82, 2.24) is 5.32 Å². The Morgan fingerprint density at radius 1 is 0.600 bits per heavy atom. The van der Waals surface area contributed by atoms with Gasteiger partial charge in [0.15, 0.2) is 6.29 Å². The Hall–Kier alpha value is -1.07. The molecule has 0 bridgehead atoms. The molecule has 0 aliphatic carbocycles. The maximum absolute atomic E-state index is 13.0. The summed E-state index contributed by atoms with van der Waals surface area (Å²) < 4.78 is 11.2. The Labute approximate surface area is 337 Å². The number of nitrogens with one attached hydrogen (secondary N) is 1. The zero-order chi connectivity index (χ0) is 40.2. The first-order valence-corrected chi connectivity index (χ1v) is 23.4. The minimum absolute atomic E-state index is 0.136. The third kappa shape index (κ3) is 28.1. The summed E-state index contributed by atoms with van der Waals surface area (Å²) in [4.78, 5) is 13.0. The molecule has 7 unspecified atom stereocenters. The normalized spacial score (nSPS) is 21.3. The van der Waals surface area contributed by atoms with Crippen LogP contribution < -0.4 is 5.32 Å². The zero-order valence-corrected chi connectivity index (χ0v) is 35.7. The van der Waals surface area contributed by atoms with Crippen LogP contribution in [0.1, 0.15) is 219 Å². The Balaban J connectivity index is 2.26. The van der Waals surface area contributed by atoms with Crippen molar-refractivity contribution in [1.29, 1.82) is 0 Å². The van der Waals surface area contributed by atoms with Crippen molar-refractivity contribution in [3.8, 4) is 0 Å². The summed E-state index contributed by atoms with van der Waals surface area (Å²) in [5.41, 5.74) is 0. The van der Waals surface area contributed by atoms with Crippen LogP contribution in [0.2, 0.25) is 0 Å². The lowest BCUT2D eigenvalue weighted by Gasteiger charge is -2.40. The van der Waals surface area contributed by atoms with Gasteiger partial charge in [0, 0.05) is 6.42 Å². The standard InChI is InChI=1S/C46H89NO8/c1-3-5-7-9-11-13-15-16-17-18-19-20-21-22-23-24-26-28-30-32-34-36-42(50)47-39(38-54-46-45(53)44(52)43(51)41(37-48)55-46)40(49)35-33-31-29-27-25-14-12-10-8-6-4-2/h18-19,39-41,43-46,48-49,51-53H,3-17,20-38H2,1-2H3,(H,47,50)/b19-18-. The predicted octanol–water partition coefficient (Wildman–Crippen LogP) is 9.73. The number of aliphatic hydroxyl groups excluding tert-OH is 5. The van der Waals surface area contributed by atoms with Gasteiger partial charge in [0.2, 0.25) is 5.91 Å². The minimum Gasteiger partial charge on any atom is -0.394 e. The van der Waals surface area contributed by atoms with E-state index in [1.807, 2.05) is 0 Å². The number of aliphatic hydroxyl groups is 5. The van der Waals surface area contributed by atoms with Crippen molar-refractivity contribution < 1.29 is 39.8 Å². The molecule has 326 valence electrons. The molecular formula is C46H89NO8. The summed E-state index contributed by atoms with van der Waals surface area (Å²) in [6.45, 7) is 3.83. The molecule has 1 rings (SSSR count). The van der Waals surface area contributed by atoms with E-state index in [1.165, 1.54) is 154 Å². The number of rotatable bonds is 39. The highest BCUT2D eigenvalue weighted by Gasteiger charge is 2.44. The summed E-state index contributed by atoms with van der Waals surface area (Å²) >= 11 is 0. The Bertz CT molecular complexity index is 873. The van der Waals surface area contributed by atoms with E-state index in [4.69, 9.17) is 9.47 Å². The van der Waals surface area contributed by atoms with Crippen LogP contribution >= 0.6 is 0 Å². The summed E-state index contributed by atoms with van der Waals surface area (Å²) in [5.74, 6) is -0.146. The second-order valence-electron chi connectivity index (χ2n) is 16.6. The van der Waals surface area contributed by atoms with Crippen LogP contribution in [0.15, 0.2) is 12.2 Å². The average molecular weight is 784 g/mol. The van der Waals surface area contributed by atoms with Gasteiger partial charge in [-0.2, -0.15) is 0 Å². The third-order valence-electron chi connectivity index (χ3n) is 11.4. The van der Waals surface area contributed by atoms with E-state index in [1.54, 1.807) is 0 Å². The van der Waals surface area contributed by atoms with E-state index in [0.29, 0.717) is 12.8 Å². The summed E-state index contributed by atoms with van der Waals surface area (Å²) in [7, 11) is 0. The molecule has 1 amide bonds. The molecule has 0 radical (unpaired) electrons. The summed E-state index contributed by atoms with van der Waals surface area (Å²) in [6, 6.07) is -0.714. The summed E-state index contributed by atoms with van der Waals surface area (Å²) in [5, 5.41) is 54.3. The fourth-order valence-corrected chi connectivity index (χ4v) is 7.57. The van der Waals surface area contributed by atoms with E-state index in [2.05, 4.69) is 31.3 Å². The van der Waals surface area contributed by atoms with Crippen LogP contribution in [-0.2, 0) is 14.3 Å². The van der Waals surface area contributed by atoms with Crippen molar-refractivity contribution in [2.24, 2.45) is 0 Å². The molecule has 9 nitrogen and oxygen atoms in total. The number of hydrogen-bond acceptors (Lipinski definition) is 8. The van der Waals surface area contributed by atoms with E-state index >= 15 is 0 Å². The van der Waals surface area contributed by atoms with Crippen LogP contribution in [0, 0.1) is 0 Å². The zero-order valence-electron chi connectivity index (χ0n) is 35.7. The fourth-order valence-electron chi connectivity index (χ4n) is 7.57. The predicted molar refractivity (Wildman–Crippen MR) is 226 cm³/mol. The molecule has 1 aliphatic rings. The SMILES string of the molecule is CCCCCCCCCC/C=C\CCCCCCCCCCCC(=O)NC(COC1OC(CO)C(O)C(O)C1O)C(O)CCCCCCCCCCCCC. The summed E-state index contributed by atoms with van der Waals surface area (Å²) in [6.07, 6.45) is 35.1. The monoisotopic (exact) mass is 784 g/mol. The number of amides is 1. The largest absolute Gasteiger partial charge is 0.394 e. The van der Waals surface area contributed by atoms with E-state index in [-0.39, 0.29) is 12.5 Å². The van der Waals surface area contributed by atoms with Crippen LogP contribution in [0.4, 0.5) is 0 Å². The van der Waals surface area contributed by atoms with E-state index in [9.17, 15) is 30.3 Å². The van der Waals surface area contributed by atoms with Crippen molar-refractivity contribution >= 4 is 5.91 Å². The first kappa shape index (κ1) is 51.9. The second kappa shape index (κ2) is 37.2. The molecular weight excluding hydrogens is 695 g/mol. The number of hydrogen-bond donors (Lipinski definition) is 6. The molecule has 9 heteroatoms. The van der Waals surface area contributed by atoms with Crippen LogP contribution in [0.3, 0.4) is 0 Å². The van der Waals surface area contributed by atoms with Crippen LogP contribution in [-0.4, -0.2) is 87.5 Å². The van der Waals surface area contributed by atoms with Crippen molar-refractivity contribution in [2.45, 2.75) is 262 Å². The molecule has 0 spiro atoms. The Morgan fingerprint density at radius 2 is 1.02 bits per heavy atom. The van der Waals surface area contributed by atoms with Gasteiger partial charge in [-0.15, -0.1) is 0 Å². The molecule has 7 atom stereocenters. The highest BCUT2D eigenvalue weighted by atomic mass is 16.7. The highest BCUT2D eigenvalue weighted by Crippen LogP contribution is 2.23. The van der Waals surface area contributed by atoms with Gasteiger partial charge in [-0.25, -0.2) is 0 Å². The maximum Gasteiger partial charge on any atom is 0.220 e. The molecule has 0 aromatic rings. The van der Waals surface area contributed by atoms with E-state index < -0.39 is 49.5 Å². The fraction of sp³-hybridized carbons (Fsp3) is 0.935. The average Bonchev–Trinajstić information content (AvgIpc) is 3.18. The maximum atomic E-state index is 13.0. The lowest BCUT2D eigenvalue weighted by Crippen LogP contribution is -2.60. The second-order valence-corrected chi connectivity index (χ2v) is 16.6. The van der Waals surface area contributed by atoms with E-state index in [0.717, 1.165) is 38.5 Å². The van der Waals surface area contributed by atoms with Gasteiger partial charge < -0.3 is 40.3 Å². The molecule has 1 aliphatic heterocycles. The number of ether oxygens (including phenoxy) is 2. The smallest absolute Gasteiger partial charge is 0.220 e. The van der Waals surface area contributed by atoms with Gasteiger partial charge >= 0.3 is 0 Å². The lowest BCUT2D eigenvalue weighted by molar-refractivity contribution is -0.302. The minimum atomic E-state index is -1.55. The molecule has 0 aromatic heterocycles. The molecule has 55 heavy (non-hydrogen) atoms. The van der Waals surface area contributed by atoms with Crippen molar-refractivity contribution in [3.63, 3.8) is 0 Å². The number of carbonyl (C=O) groups is 1. The first-order chi connectivity index (χ1) is 26.8. The molecule has 6 N–H and O–H groups in total. The Kier molecular flexibility index (Phi) is 35.2. The quantitative estimate of drug-likeness (QED) is 0.0267. The van der Waals surface area contributed by atoms with Crippen molar-refractivity contribution in [3.05, 3.63) is 12.2 Å². The van der Waals surface area contributed by atoms with Gasteiger partial charge in [0.1, 0.15) is 24.4 Å².